The summed E-state index contributed by atoms with van der Waals surface area (Å²) < 4.78 is 0. The number of carbonyl (C=O) groups is 1. The van der Waals surface area contributed by atoms with Crippen molar-refractivity contribution >= 4 is 23.1 Å². The van der Waals surface area contributed by atoms with Crippen LogP contribution in [0.1, 0.15) is 16.1 Å². The molecule has 1 amide bonds. The molecule has 0 spiro atoms. The summed E-state index contributed by atoms with van der Waals surface area (Å²) in [5, 5.41) is 3.37. The predicted molar refractivity (Wildman–Crippen MR) is 111 cm³/mol. The minimum Gasteiger partial charge on any atom is -0.355 e. The maximum absolute atomic E-state index is 12.9. The van der Waals surface area contributed by atoms with Gasteiger partial charge < -0.3 is 15.1 Å². The molecule has 0 radical (unpaired) electrons. The number of benzene rings is 1. The van der Waals surface area contributed by atoms with Crippen molar-refractivity contribution < 1.29 is 4.79 Å². The van der Waals surface area contributed by atoms with Crippen LogP contribution in [-0.4, -0.2) is 47.0 Å². The van der Waals surface area contributed by atoms with Crippen molar-refractivity contribution in [3.63, 3.8) is 0 Å². The van der Waals surface area contributed by atoms with E-state index in [9.17, 15) is 4.79 Å². The van der Waals surface area contributed by atoms with E-state index >= 15 is 0 Å². The molecule has 4 rings (SSSR count). The summed E-state index contributed by atoms with van der Waals surface area (Å²) in [6.07, 6.45) is 3.47. The van der Waals surface area contributed by atoms with E-state index in [1.165, 1.54) is 0 Å². The molecule has 2 aromatic heterocycles. The molecule has 1 aromatic carbocycles. The van der Waals surface area contributed by atoms with E-state index < -0.39 is 0 Å². The van der Waals surface area contributed by atoms with Gasteiger partial charge in [-0.2, -0.15) is 0 Å². The smallest absolute Gasteiger partial charge is 0.272 e. The van der Waals surface area contributed by atoms with Gasteiger partial charge in [0.15, 0.2) is 0 Å². The van der Waals surface area contributed by atoms with Crippen molar-refractivity contribution in [3.05, 3.63) is 78.2 Å². The maximum atomic E-state index is 12.9. The van der Waals surface area contributed by atoms with Gasteiger partial charge in [0.05, 0.1) is 0 Å². The largest absolute Gasteiger partial charge is 0.355 e. The Morgan fingerprint density at radius 2 is 1.71 bits per heavy atom. The van der Waals surface area contributed by atoms with E-state index in [1.807, 2.05) is 53.4 Å². The van der Waals surface area contributed by atoms with Gasteiger partial charge >= 0.3 is 0 Å². The van der Waals surface area contributed by atoms with Crippen LogP contribution >= 0.6 is 0 Å². The van der Waals surface area contributed by atoms with Gasteiger partial charge in [-0.15, -0.1) is 0 Å². The molecule has 0 aliphatic carbocycles. The molecule has 1 fully saturated rings. The summed E-state index contributed by atoms with van der Waals surface area (Å²) in [5.41, 5.74) is 3.50. The van der Waals surface area contributed by atoms with Crippen molar-refractivity contribution in [3.8, 4) is 0 Å². The quantitative estimate of drug-likeness (QED) is 0.759. The highest BCUT2D eigenvalue weighted by molar-refractivity contribution is 5.93. The molecular formula is C22H23N5O. The van der Waals surface area contributed by atoms with Crippen LogP contribution in [0.2, 0.25) is 0 Å². The van der Waals surface area contributed by atoms with Crippen molar-refractivity contribution in [2.45, 2.75) is 6.92 Å². The monoisotopic (exact) mass is 373 g/mol. The molecule has 0 unspecified atom stereocenters. The molecular weight excluding hydrogens is 350 g/mol. The average molecular weight is 373 g/mol. The molecule has 0 bridgehead atoms. The topological polar surface area (TPSA) is 61.4 Å². The molecule has 1 N–H and O–H groups in total. The number of piperazine rings is 1. The highest BCUT2D eigenvalue weighted by Crippen LogP contribution is 2.21. The Kier molecular flexibility index (Phi) is 5.19. The number of pyridine rings is 2. The van der Waals surface area contributed by atoms with Crippen molar-refractivity contribution in [2.75, 3.05) is 36.4 Å². The van der Waals surface area contributed by atoms with Gasteiger partial charge in [0, 0.05) is 49.9 Å². The van der Waals surface area contributed by atoms with Gasteiger partial charge in [0.2, 0.25) is 0 Å². The number of aryl methyl sites for hydroxylation is 1. The zero-order chi connectivity index (χ0) is 19.3. The van der Waals surface area contributed by atoms with Gasteiger partial charge in [-0.3, -0.25) is 9.78 Å². The number of rotatable bonds is 4. The molecule has 3 aromatic rings. The first-order valence-electron chi connectivity index (χ1n) is 9.45. The third-order valence-electron chi connectivity index (χ3n) is 4.94. The normalized spacial score (nSPS) is 14.0. The number of carbonyl (C=O) groups excluding carboxylic acids is 1. The van der Waals surface area contributed by atoms with Crippen molar-refractivity contribution in [2.24, 2.45) is 0 Å². The second-order valence-electron chi connectivity index (χ2n) is 6.84. The Hall–Kier alpha value is -3.41. The van der Waals surface area contributed by atoms with Crippen molar-refractivity contribution in [1.82, 2.24) is 14.9 Å². The highest BCUT2D eigenvalue weighted by Gasteiger charge is 2.23. The van der Waals surface area contributed by atoms with E-state index in [4.69, 9.17) is 0 Å². The van der Waals surface area contributed by atoms with E-state index in [0.717, 1.165) is 35.8 Å². The van der Waals surface area contributed by atoms with Gasteiger partial charge in [-0.1, -0.05) is 24.3 Å². The fraction of sp³-hybridized carbons (Fsp3) is 0.227. The van der Waals surface area contributed by atoms with Crippen LogP contribution in [0.4, 0.5) is 17.2 Å². The molecule has 0 atom stereocenters. The van der Waals surface area contributed by atoms with E-state index in [-0.39, 0.29) is 5.91 Å². The van der Waals surface area contributed by atoms with Crippen molar-refractivity contribution in [1.29, 1.82) is 0 Å². The van der Waals surface area contributed by atoms with Crippen LogP contribution in [-0.2, 0) is 0 Å². The number of nitrogens with one attached hydrogen (secondary N) is 1. The molecule has 142 valence electrons. The number of hydrogen-bond donors (Lipinski definition) is 1. The number of para-hydroxylation sites is 1. The maximum Gasteiger partial charge on any atom is 0.272 e. The highest BCUT2D eigenvalue weighted by atomic mass is 16.2. The fourth-order valence-corrected chi connectivity index (χ4v) is 3.34. The van der Waals surface area contributed by atoms with Crippen LogP contribution in [0.3, 0.4) is 0 Å². The SMILES string of the molecule is Cc1ccccc1Nc1ccnc(C(=O)N2CCN(c3ccccn3)CC2)c1. The zero-order valence-corrected chi connectivity index (χ0v) is 15.9. The summed E-state index contributed by atoms with van der Waals surface area (Å²) in [6.45, 7) is 4.91. The lowest BCUT2D eigenvalue weighted by molar-refractivity contribution is 0.0740. The Bertz CT molecular complexity index is 952. The molecule has 1 aliphatic heterocycles. The van der Waals surface area contributed by atoms with Gasteiger partial charge in [0.25, 0.3) is 5.91 Å². The second kappa shape index (κ2) is 8.08. The molecule has 6 nitrogen and oxygen atoms in total. The standard InChI is InChI=1S/C22H23N5O/c1-17-6-2-3-7-19(17)25-18-9-11-23-20(16-18)22(28)27-14-12-26(13-15-27)21-8-4-5-10-24-21/h2-11,16H,12-15H2,1H3,(H,23,25). The molecule has 1 saturated heterocycles. The van der Waals surface area contributed by atoms with Gasteiger partial charge in [-0.05, 0) is 42.8 Å². The van der Waals surface area contributed by atoms with Gasteiger partial charge in [-0.25, -0.2) is 4.98 Å². The summed E-state index contributed by atoms with van der Waals surface area (Å²) in [5.74, 6) is 0.922. The second-order valence-corrected chi connectivity index (χ2v) is 6.84. The predicted octanol–water partition coefficient (Wildman–Crippen LogP) is 3.49. The lowest BCUT2D eigenvalue weighted by atomic mass is 10.2. The summed E-state index contributed by atoms with van der Waals surface area (Å²) >= 11 is 0. The molecule has 1 aliphatic rings. The molecule has 28 heavy (non-hydrogen) atoms. The lowest BCUT2D eigenvalue weighted by Crippen LogP contribution is -2.49. The Morgan fingerprint density at radius 1 is 0.929 bits per heavy atom. The third kappa shape index (κ3) is 3.96. The Balaban J connectivity index is 1.42. The number of aromatic nitrogens is 2. The molecule has 3 heterocycles. The van der Waals surface area contributed by atoms with Crippen LogP contribution in [0.15, 0.2) is 67.0 Å². The Morgan fingerprint density at radius 3 is 2.46 bits per heavy atom. The van der Waals surface area contributed by atoms with E-state index in [0.29, 0.717) is 18.8 Å². The van der Waals surface area contributed by atoms with E-state index in [1.54, 1.807) is 12.4 Å². The zero-order valence-electron chi connectivity index (χ0n) is 15.9. The van der Waals surface area contributed by atoms with E-state index in [2.05, 4.69) is 33.2 Å². The van der Waals surface area contributed by atoms with Crippen LogP contribution in [0.25, 0.3) is 0 Å². The number of hydrogen-bond acceptors (Lipinski definition) is 5. The first-order chi connectivity index (χ1) is 13.7. The third-order valence-corrected chi connectivity index (χ3v) is 4.94. The van der Waals surface area contributed by atoms with Crippen LogP contribution < -0.4 is 10.2 Å². The number of anilines is 3. The first-order valence-corrected chi connectivity index (χ1v) is 9.45. The summed E-state index contributed by atoms with van der Waals surface area (Å²) in [6, 6.07) is 17.7. The lowest BCUT2D eigenvalue weighted by Gasteiger charge is -2.35. The van der Waals surface area contributed by atoms with Crippen LogP contribution in [0, 0.1) is 6.92 Å². The fourth-order valence-electron chi connectivity index (χ4n) is 3.34. The summed E-state index contributed by atoms with van der Waals surface area (Å²) in [7, 11) is 0. The molecule has 0 saturated carbocycles. The number of amides is 1. The Labute approximate surface area is 164 Å². The summed E-state index contributed by atoms with van der Waals surface area (Å²) in [4.78, 5) is 25.7. The minimum atomic E-state index is -0.0332. The minimum absolute atomic E-state index is 0.0332. The number of nitrogens with zero attached hydrogens (tertiary/aromatic N) is 4. The first kappa shape index (κ1) is 18.0. The average Bonchev–Trinajstić information content (AvgIpc) is 2.76. The molecule has 6 heteroatoms. The van der Waals surface area contributed by atoms with Gasteiger partial charge in [0.1, 0.15) is 11.5 Å². The van der Waals surface area contributed by atoms with Crippen LogP contribution in [0.5, 0.6) is 0 Å².